The van der Waals surface area contributed by atoms with Crippen molar-refractivity contribution in [1.29, 1.82) is 0 Å². The van der Waals surface area contributed by atoms with Crippen LogP contribution in [-0.4, -0.2) is 29.9 Å². The largest absolute Gasteiger partial charge is 0.324 e. The van der Waals surface area contributed by atoms with Crippen molar-refractivity contribution in [2.75, 3.05) is 13.1 Å². The number of urea groups is 1. The molecule has 4 heteroatoms. The third-order valence-electron chi connectivity index (χ3n) is 4.80. The zero-order valence-electron chi connectivity index (χ0n) is 10.3. The van der Waals surface area contributed by atoms with Crippen molar-refractivity contribution in [3.63, 3.8) is 0 Å². The maximum atomic E-state index is 11.7. The molecule has 4 unspecified atom stereocenters. The highest BCUT2D eigenvalue weighted by molar-refractivity contribution is 5.97. The molecule has 0 aromatic carbocycles. The Bertz CT molecular complexity index is 355. The molecule has 1 saturated heterocycles. The van der Waals surface area contributed by atoms with Gasteiger partial charge in [-0.15, -0.1) is 0 Å². The predicted octanol–water partition coefficient (Wildman–Crippen LogP) is 1.61. The molecule has 3 amide bonds. The summed E-state index contributed by atoms with van der Waals surface area (Å²) in [6, 6.07) is -0.184. The zero-order valence-corrected chi connectivity index (χ0v) is 10.3. The van der Waals surface area contributed by atoms with Crippen molar-refractivity contribution in [3.8, 4) is 0 Å². The number of nitrogens with zero attached hydrogens (tertiary/aromatic N) is 1. The quantitative estimate of drug-likeness (QED) is 0.792. The molecule has 2 saturated carbocycles. The molecule has 1 heterocycles. The van der Waals surface area contributed by atoms with Crippen molar-refractivity contribution in [3.05, 3.63) is 0 Å². The molecule has 1 aliphatic heterocycles. The third kappa shape index (κ3) is 1.94. The smallest absolute Gasteiger partial charge is 0.323 e. The summed E-state index contributed by atoms with van der Waals surface area (Å²) >= 11 is 0. The van der Waals surface area contributed by atoms with Gasteiger partial charge in [-0.2, -0.15) is 0 Å². The summed E-state index contributed by atoms with van der Waals surface area (Å²) < 4.78 is 0. The molecule has 4 atom stereocenters. The highest BCUT2D eigenvalue weighted by Crippen LogP contribution is 2.48. The monoisotopic (exact) mass is 236 g/mol. The molecular weight excluding hydrogens is 216 g/mol. The lowest BCUT2D eigenvalue weighted by Crippen LogP contribution is -2.55. The van der Waals surface area contributed by atoms with Crippen LogP contribution in [0.25, 0.3) is 0 Å². The average molecular weight is 236 g/mol. The molecule has 17 heavy (non-hydrogen) atoms. The van der Waals surface area contributed by atoms with Crippen molar-refractivity contribution in [2.24, 2.45) is 23.7 Å². The molecule has 3 fully saturated rings. The molecule has 1 N–H and O–H groups in total. The predicted molar refractivity (Wildman–Crippen MR) is 63.2 cm³/mol. The lowest BCUT2D eigenvalue weighted by molar-refractivity contribution is -0.125. The molecule has 0 spiro atoms. The van der Waals surface area contributed by atoms with E-state index in [-0.39, 0.29) is 17.9 Å². The minimum absolute atomic E-state index is 0.0636. The van der Waals surface area contributed by atoms with Crippen LogP contribution in [0.4, 0.5) is 4.79 Å². The Morgan fingerprint density at radius 3 is 2.76 bits per heavy atom. The summed E-state index contributed by atoms with van der Waals surface area (Å²) in [6.45, 7) is 3.33. The van der Waals surface area contributed by atoms with Crippen LogP contribution in [0.1, 0.15) is 32.6 Å². The maximum Gasteiger partial charge on any atom is 0.324 e. The molecular formula is C13H20N2O2. The van der Waals surface area contributed by atoms with Crippen LogP contribution >= 0.6 is 0 Å². The molecule has 94 valence electrons. The first-order valence-corrected chi connectivity index (χ1v) is 6.73. The summed E-state index contributed by atoms with van der Waals surface area (Å²) in [4.78, 5) is 24.9. The Balaban J connectivity index is 1.61. The minimum atomic E-state index is -0.184. The van der Waals surface area contributed by atoms with Gasteiger partial charge in [0.1, 0.15) is 0 Å². The zero-order chi connectivity index (χ0) is 12.0. The topological polar surface area (TPSA) is 49.4 Å². The summed E-state index contributed by atoms with van der Waals surface area (Å²) in [5, 5.41) is 2.45. The second-order valence-electron chi connectivity index (χ2n) is 6.04. The Hall–Kier alpha value is -1.06. The van der Waals surface area contributed by atoms with Gasteiger partial charge in [-0.1, -0.05) is 13.3 Å². The van der Waals surface area contributed by atoms with E-state index in [1.807, 2.05) is 11.8 Å². The number of rotatable bonds is 2. The van der Waals surface area contributed by atoms with Crippen LogP contribution in [0.15, 0.2) is 0 Å². The van der Waals surface area contributed by atoms with E-state index in [1.165, 1.54) is 25.7 Å². The van der Waals surface area contributed by atoms with Crippen LogP contribution in [0.2, 0.25) is 0 Å². The van der Waals surface area contributed by atoms with Crippen LogP contribution in [0.5, 0.6) is 0 Å². The highest BCUT2D eigenvalue weighted by Gasteiger charge is 2.41. The van der Waals surface area contributed by atoms with Gasteiger partial charge in [-0.05, 0) is 37.0 Å². The lowest BCUT2D eigenvalue weighted by atomic mass is 9.88. The SMILES string of the molecule is CC1CN(CC2CC3CCC2C3)C(=O)NC1=O. The number of nitrogens with one attached hydrogen (secondary N) is 1. The van der Waals surface area contributed by atoms with Crippen LogP contribution in [0.3, 0.4) is 0 Å². The van der Waals surface area contributed by atoms with Gasteiger partial charge >= 0.3 is 6.03 Å². The Kier molecular flexibility index (Phi) is 2.60. The normalized spacial score (nSPS) is 40.9. The molecule has 2 aliphatic carbocycles. The molecule has 0 aromatic heterocycles. The first-order chi connectivity index (χ1) is 8.13. The standard InChI is InChI=1S/C13H20N2O2/c1-8-6-15(13(17)14-12(8)16)7-11-5-9-2-3-10(11)4-9/h8-11H,2-7H2,1H3,(H,14,16,17). The first kappa shape index (κ1) is 11.1. The van der Waals surface area contributed by atoms with Crippen LogP contribution < -0.4 is 5.32 Å². The van der Waals surface area contributed by atoms with Gasteiger partial charge in [0.25, 0.3) is 0 Å². The molecule has 3 aliphatic rings. The second kappa shape index (κ2) is 4.00. The molecule has 3 rings (SSSR count). The van der Waals surface area contributed by atoms with E-state index in [4.69, 9.17) is 0 Å². The molecule has 4 nitrogen and oxygen atoms in total. The Morgan fingerprint density at radius 2 is 2.12 bits per heavy atom. The fraction of sp³-hybridized carbons (Fsp3) is 0.846. The van der Waals surface area contributed by atoms with E-state index in [9.17, 15) is 9.59 Å². The van der Waals surface area contributed by atoms with Crippen molar-refractivity contribution < 1.29 is 9.59 Å². The minimum Gasteiger partial charge on any atom is -0.323 e. The maximum absolute atomic E-state index is 11.7. The van der Waals surface area contributed by atoms with Crippen molar-refractivity contribution >= 4 is 11.9 Å². The van der Waals surface area contributed by atoms with E-state index in [0.717, 1.165) is 18.4 Å². The fourth-order valence-corrected chi connectivity index (χ4v) is 3.84. The Morgan fingerprint density at radius 1 is 1.29 bits per heavy atom. The van der Waals surface area contributed by atoms with Crippen molar-refractivity contribution in [2.45, 2.75) is 32.6 Å². The summed E-state index contributed by atoms with van der Waals surface area (Å²) in [6.07, 6.45) is 5.40. The summed E-state index contributed by atoms with van der Waals surface area (Å²) in [5.74, 6) is 2.24. The molecule has 0 aromatic rings. The Labute approximate surface area is 102 Å². The van der Waals surface area contributed by atoms with E-state index >= 15 is 0 Å². The highest BCUT2D eigenvalue weighted by atomic mass is 16.2. The fourth-order valence-electron chi connectivity index (χ4n) is 3.84. The van der Waals surface area contributed by atoms with E-state index in [0.29, 0.717) is 12.5 Å². The number of fused-ring (bicyclic) bond motifs is 2. The van der Waals surface area contributed by atoms with E-state index in [2.05, 4.69) is 5.32 Å². The first-order valence-electron chi connectivity index (χ1n) is 6.73. The lowest BCUT2D eigenvalue weighted by Gasteiger charge is -2.34. The van der Waals surface area contributed by atoms with Gasteiger partial charge in [0, 0.05) is 13.1 Å². The van der Waals surface area contributed by atoms with Gasteiger partial charge in [0.15, 0.2) is 0 Å². The van der Waals surface area contributed by atoms with Crippen LogP contribution in [-0.2, 0) is 4.79 Å². The van der Waals surface area contributed by atoms with Crippen LogP contribution in [0, 0.1) is 23.7 Å². The van der Waals surface area contributed by atoms with Gasteiger partial charge in [-0.25, -0.2) is 4.79 Å². The third-order valence-corrected chi connectivity index (χ3v) is 4.80. The van der Waals surface area contributed by atoms with E-state index in [1.54, 1.807) is 0 Å². The van der Waals surface area contributed by atoms with Gasteiger partial charge < -0.3 is 4.90 Å². The van der Waals surface area contributed by atoms with Gasteiger partial charge in [-0.3, -0.25) is 10.1 Å². The van der Waals surface area contributed by atoms with Gasteiger partial charge in [0.05, 0.1) is 5.92 Å². The number of hydrogen-bond donors (Lipinski definition) is 1. The summed E-state index contributed by atoms with van der Waals surface area (Å²) in [5.41, 5.74) is 0. The number of imide groups is 1. The number of amides is 3. The number of carbonyl (C=O) groups excluding carboxylic acids is 2. The summed E-state index contributed by atoms with van der Waals surface area (Å²) in [7, 11) is 0. The number of hydrogen-bond acceptors (Lipinski definition) is 2. The van der Waals surface area contributed by atoms with Gasteiger partial charge in [0.2, 0.25) is 5.91 Å². The van der Waals surface area contributed by atoms with E-state index < -0.39 is 0 Å². The molecule has 0 radical (unpaired) electrons. The molecule has 2 bridgehead atoms. The number of carbonyl (C=O) groups is 2. The average Bonchev–Trinajstić information content (AvgIpc) is 2.87. The second-order valence-corrected chi connectivity index (χ2v) is 6.04. The van der Waals surface area contributed by atoms with Crippen molar-refractivity contribution in [1.82, 2.24) is 10.2 Å².